The summed E-state index contributed by atoms with van der Waals surface area (Å²) in [6, 6.07) is 14.1. The van der Waals surface area contributed by atoms with Gasteiger partial charge in [0, 0.05) is 22.1 Å². The molecule has 0 atom stereocenters. The molecule has 3 aromatic rings. The van der Waals surface area contributed by atoms with Crippen LogP contribution in [0.2, 0.25) is 5.02 Å². The molecule has 0 bridgehead atoms. The van der Waals surface area contributed by atoms with E-state index in [1.807, 2.05) is 35.0 Å². The lowest BCUT2D eigenvalue weighted by Crippen LogP contribution is -2.02. The third-order valence-corrected chi connectivity index (χ3v) is 4.63. The quantitative estimate of drug-likeness (QED) is 0.699. The molecular formula is C16H15BrClN3. The van der Waals surface area contributed by atoms with E-state index in [1.165, 1.54) is 10.9 Å². The predicted octanol–water partition coefficient (Wildman–Crippen LogP) is 5.08. The molecule has 0 aliphatic rings. The maximum Gasteiger partial charge on any atom is 0.0894 e. The fourth-order valence-corrected chi connectivity index (χ4v) is 2.86. The van der Waals surface area contributed by atoms with Crippen molar-refractivity contribution in [3.05, 3.63) is 57.7 Å². The van der Waals surface area contributed by atoms with Gasteiger partial charge in [-0.2, -0.15) is 5.10 Å². The van der Waals surface area contributed by atoms with Gasteiger partial charge in [-0.3, -0.25) is 4.68 Å². The van der Waals surface area contributed by atoms with Gasteiger partial charge in [0.1, 0.15) is 0 Å². The molecule has 1 aromatic heterocycles. The average molecular weight is 365 g/mol. The van der Waals surface area contributed by atoms with Crippen molar-refractivity contribution >= 4 is 44.1 Å². The maximum absolute atomic E-state index is 6.01. The van der Waals surface area contributed by atoms with Crippen molar-refractivity contribution in [2.75, 3.05) is 5.32 Å². The first-order chi connectivity index (χ1) is 10.2. The zero-order chi connectivity index (χ0) is 14.8. The van der Waals surface area contributed by atoms with E-state index in [9.17, 15) is 0 Å². The van der Waals surface area contributed by atoms with Gasteiger partial charge < -0.3 is 5.32 Å². The van der Waals surface area contributed by atoms with Gasteiger partial charge in [-0.05, 0) is 47.1 Å². The van der Waals surface area contributed by atoms with Crippen LogP contribution >= 0.6 is 27.5 Å². The van der Waals surface area contributed by atoms with Crippen LogP contribution in [0.5, 0.6) is 0 Å². The van der Waals surface area contributed by atoms with Crippen molar-refractivity contribution in [2.45, 2.75) is 20.0 Å². The normalized spacial score (nSPS) is 11.0. The Balaban J connectivity index is 1.86. The summed E-state index contributed by atoms with van der Waals surface area (Å²) in [5.41, 5.74) is 3.24. The Morgan fingerprint density at radius 1 is 1.24 bits per heavy atom. The molecule has 3 rings (SSSR count). The van der Waals surface area contributed by atoms with E-state index in [-0.39, 0.29) is 0 Å². The molecule has 0 saturated carbocycles. The zero-order valence-corrected chi connectivity index (χ0v) is 13.9. The van der Waals surface area contributed by atoms with Crippen LogP contribution < -0.4 is 5.32 Å². The van der Waals surface area contributed by atoms with Gasteiger partial charge in [0.15, 0.2) is 0 Å². The molecular weight excluding hydrogens is 350 g/mol. The molecule has 0 unspecified atom stereocenters. The number of halogens is 2. The molecule has 0 aliphatic heterocycles. The van der Waals surface area contributed by atoms with E-state index >= 15 is 0 Å². The molecule has 21 heavy (non-hydrogen) atoms. The molecule has 0 aliphatic carbocycles. The van der Waals surface area contributed by atoms with E-state index in [2.05, 4.69) is 45.4 Å². The third-order valence-electron chi connectivity index (χ3n) is 3.41. The topological polar surface area (TPSA) is 29.9 Å². The van der Waals surface area contributed by atoms with E-state index in [0.717, 1.165) is 22.4 Å². The van der Waals surface area contributed by atoms with Crippen molar-refractivity contribution in [1.29, 1.82) is 0 Å². The summed E-state index contributed by atoms with van der Waals surface area (Å²) in [6.07, 6.45) is 0. The van der Waals surface area contributed by atoms with Crippen LogP contribution in [0.25, 0.3) is 10.9 Å². The summed E-state index contributed by atoms with van der Waals surface area (Å²) in [7, 11) is 0. The molecule has 108 valence electrons. The molecule has 0 radical (unpaired) electrons. The second kappa shape index (κ2) is 6.08. The van der Waals surface area contributed by atoms with Gasteiger partial charge in [-0.15, -0.1) is 0 Å². The number of para-hydroxylation sites is 1. The largest absolute Gasteiger partial charge is 0.379 e. The molecule has 1 heterocycles. The highest BCUT2D eigenvalue weighted by Crippen LogP contribution is 2.26. The lowest BCUT2D eigenvalue weighted by Gasteiger charge is -2.06. The lowest BCUT2D eigenvalue weighted by molar-refractivity contribution is 0.671. The van der Waals surface area contributed by atoms with Crippen LogP contribution in [0.3, 0.4) is 0 Å². The molecule has 3 nitrogen and oxygen atoms in total. The first-order valence-corrected chi connectivity index (χ1v) is 7.99. The van der Waals surface area contributed by atoms with Gasteiger partial charge in [0.2, 0.25) is 0 Å². The van der Waals surface area contributed by atoms with E-state index in [1.54, 1.807) is 0 Å². The minimum absolute atomic E-state index is 0.682. The fraction of sp³-hybridized carbons (Fsp3) is 0.188. The molecule has 0 fully saturated rings. The Morgan fingerprint density at radius 3 is 2.81 bits per heavy atom. The van der Waals surface area contributed by atoms with Crippen LogP contribution in [-0.2, 0) is 13.1 Å². The number of anilines is 1. The van der Waals surface area contributed by atoms with Crippen LogP contribution in [0.1, 0.15) is 12.6 Å². The van der Waals surface area contributed by atoms with Crippen molar-refractivity contribution in [3.8, 4) is 0 Å². The number of hydrogen-bond donors (Lipinski definition) is 1. The summed E-state index contributed by atoms with van der Waals surface area (Å²) >= 11 is 9.44. The molecule has 5 heteroatoms. The predicted molar refractivity (Wildman–Crippen MR) is 91.9 cm³/mol. The molecule has 0 saturated heterocycles. The highest BCUT2D eigenvalue weighted by atomic mass is 79.9. The van der Waals surface area contributed by atoms with Gasteiger partial charge in [-0.25, -0.2) is 0 Å². The van der Waals surface area contributed by atoms with Crippen molar-refractivity contribution in [2.24, 2.45) is 0 Å². The Bertz CT molecular complexity index is 782. The summed E-state index contributed by atoms with van der Waals surface area (Å²) in [5, 5.41) is 9.98. The number of hydrogen-bond acceptors (Lipinski definition) is 2. The fourth-order valence-electron chi connectivity index (χ4n) is 2.36. The number of nitrogens with zero attached hydrogens (tertiary/aromatic N) is 2. The Hall–Kier alpha value is -1.52. The number of benzene rings is 2. The minimum Gasteiger partial charge on any atom is -0.379 e. The van der Waals surface area contributed by atoms with Crippen LogP contribution in [0.15, 0.2) is 46.9 Å². The van der Waals surface area contributed by atoms with Gasteiger partial charge >= 0.3 is 0 Å². The minimum atomic E-state index is 0.682. The molecule has 1 N–H and O–H groups in total. The summed E-state index contributed by atoms with van der Waals surface area (Å²) < 4.78 is 2.92. The van der Waals surface area contributed by atoms with Crippen molar-refractivity contribution in [1.82, 2.24) is 9.78 Å². The van der Waals surface area contributed by atoms with Crippen LogP contribution in [-0.4, -0.2) is 9.78 Å². The average Bonchev–Trinajstić information content (AvgIpc) is 2.87. The Labute approximate surface area is 137 Å². The van der Waals surface area contributed by atoms with Gasteiger partial charge in [0.05, 0.1) is 22.8 Å². The maximum atomic E-state index is 6.01. The first-order valence-electron chi connectivity index (χ1n) is 6.82. The zero-order valence-electron chi connectivity index (χ0n) is 11.6. The number of aromatic nitrogens is 2. The number of nitrogens with one attached hydrogen (secondary N) is 1. The molecule has 0 amide bonds. The first kappa shape index (κ1) is 14.4. The SMILES string of the molecule is CCn1nc(CNc2ccc(Cl)c(Br)c2)c2ccccc21. The monoisotopic (exact) mass is 363 g/mol. The Kier molecular flexibility index (Phi) is 4.17. The van der Waals surface area contributed by atoms with Crippen LogP contribution in [0.4, 0.5) is 5.69 Å². The van der Waals surface area contributed by atoms with Crippen LogP contribution in [0, 0.1) is 0 Å². The summed E-state index contributed by atoms with van der Waals surface area (Å²) in [6.45, 7) is 3.65. The van der Waals surface area contributed by atoms with Gasteiger partial charge in [-0.1, -0.05) is 29.8 Å². The second-order valence-electron chi connectivity index (χ2n) is 4.76. The highest BCUT2D eigenvalue weighted by Gasteiger charge is 2.09. The second-order valence-corrected chi connectivity index (χ2v) is 6.02. The highest BCUT2D eigenvalue weighted by molar-refractivity contribution is 9.10. The van der Waals surface area contributed by atoms with E-state index in [4.69, 9.17) is 11.6 Å². The standard InChI is InChI=1S/C16H15BrClN3/c1-2-21-16-6-4-3-5-12(16)15(20-21)10-19-11-7-8-14(18)13(17)9-11/h3-9,19H,2,10H2,1H3. The molecule has 0 spiro atoms. The third kappa shape index (κ3) is 2.92. The summed E-state index contributed by atoms with van der Waals surface area (Å²) in [4.78, 5) is 0. The molecule has 2 aromatic carbocycles. The smallest absolute Gasteiger partial charge is 0.0894 e. The number of rotatable bonds is 4. The number of fused-ring (bicyclic) bond motifs is 1. The van der Waals surface area contributed by atoms with Crippen molar-refractivity contribution in [3.63, 3.8) is 0 Å². The van der Waals surface area contributed by atoms with Gasteiger partial charge in [0.25, 0.3) is 0 Å². The van der Waals surface area contributed by atoms with E-state index < -0.39 is 0 Å². The van der Waals surface area contributed by atoms with Crippen molar-refractivity contribution < 1.29 is 0 Å². The van der Waals surface area contributed by atoms with E-state index in [0.29, 0.717) is 11.6 Å². The number of aryl methyl sites for hydroxylation is 1. The summed E-state index contributed by atoms with van der Waals surface area (Å²) in [5.74, 6) is 0. The Morgan fingerprint density at radius 2 is 2.05 bits per heavy atom. The lowest BCUT2D eigenvalue weighted by atomic mass is 10.2.